The molecule has 1 aromatic carbocycles. The molecule has 55 heavy (non-hydrogen) atoms. The van der Waals surface area contributed by atoms with Crippen LogP contribution in [0.3, 0.4) is 0 Å². The van der Waals surface area contributed by atoms with E-state index in [-0.39, 0.29) is 19.8 Å². The molecule has 12 nitrogen and oxygen atoms in total. The van der Waals surface area contributed by atoms with E-state index in [0.717, 1.165) is 44.9 Å². The highest BCUT2D eigenvalue weighted by atomic mass is 16.6. The molecule has 3 amide bonds. The number of carbonyl (C=O) groups is 3. The zero-order chi connectivity index (χ0) is 40.1. The Morgan fingerprint density at radius 2 is 1.16 bits per heavy atom. The molecular formula is C43H75N3O9. The molecule has 0 bridgehead atoms. The van der Waals surface area contributed by atoms with Crippen LogP contribution in [0.1, 0.15) is 161 Å². The standard InChI is InChI=1S/C43H75N3O9/c1-3-5-7-9-11-13-15-16-17-19-21-26-30-45(42(51)53-31-27-22-20-18-14-12-10-8-6-4-2)41-38(40(50)39(49)36(33-47)55-41)46(37(48)32-44)43(52)54-34-35-28-24-23-25-29-35/h23-25,28-29,36,38-41,47,49-50H,3-22,26-27,30-34,44H2,1-2H3/t36-,38-,39+,40-,41-/m1/s1. The number of aliphatic hydroxyl groups is 3. The lowest BCUT2D eigenvalue weighted by atomic mass is 9.94. The average molecular weight is 778 g/mol. The van der Waals surface area contributed by atoms with Crippen LogP contribution in [0.25, 0.3) is 0 Å². The van der Waals surface area contributed by atoms with Gasteiger partial charge in [0.15, 0.2) is 6.23 Å². The van der Waals surface area contributed by atoms with Crippen molar-refractivity contribution >= 4 is 18.1 Å². The van der Waals surface area contributed by atoms with Crippen molar-refractivity contribution in [3.05, 3.63) is 35.9 Å². The van der Waals surface area contributed by atoms with Gasteiger partial charge in [-0.1, -0.05) is 173 Å². The number of hydrogen-bond donors (Lipinski definition) is 4. The third-order valence-corrected chi connectivity index (χ3v) is 10.5. The van der Waals surface area contributed by atoms with E-state index in [4.69, 9.17) is 19.9 Å². The Balaban J connectivity index is 2.15. The highest BCUT2D eigenvalue weighted by molar-refractivity contribution is 5.93. The van der Waals surface area contributed by atoms with Gasteiger partial charge in [0.05, 0.1) is 19.8 Å². The van der Waals surface area contributed by atoms with Gasteiger partial charge in [-0.15, -0.1) is 0 Å². The number of nitrogens with two attached hydrogens (primary N) is 1. The molecule has 1 saturated heterocycles. The molecule has 0 radical (unpaired) electrons. The average Bonchev–Trinajstić information content (AvgIpc) is 3.20. The lowest BCUT2D eigenvalue weighted by molar-refractivity contribution is -0.240. The Morgan fingerprint density at radius 1 is 0.673 bits per heavy atom. The van der Waals surface area contributed by atoms with Crippen molar-refractivity contribution in [2.24, 2.45) is 5.73 Å². The van der Waals surface area contributed by atoms with E-state index < -0.39 is 61.8 Å². The third-order valence-electron chi connectivity index (χ3n) is 10.5. The normalized spacial score (nSPS) is 19.6. The number of amides is 3. The summed E-state index contributed by atoms with van der Waals surface area (Å²) in [7, 11) is 0. The van der Waals surface area contributed by atoms with Crippen LogP contribution in [-0.4, -0.2) is 100 Å². The highest BCUT2D eigenvalue weighted by Crippen LogP contribution is 2.30. The Bertz CT molecular complexity index is 1140. The molecule has 316 valence electrons. The molecule has 12 heteroatoms. The lowest BCUT2D eigenvalue weighted by Gasteiger charge is -2.48. The zero-order valence-corrected chi connectivity index (χ0v) is 34.1. The molecule has 1 aliphatic rings. The summed E-state index contributed by atoms with van der Waals surface area (Å²) in [5, 5.41) is 32.5. The first-order valence-corrected chi connectivity index (χ1v) is 21.6. The summed E-state index contributed by atoms with van der Waals surface area (Å²) in [5.41, 5.74) is 6.41. The van der Waals surface area contributed by atoms with Crippen LogP contribution in [0, 0.1) is 0 Å². The van der Waals surface area contributed by atoms with Crippen molar-refractivity contribution in [2.45, 2.75) is 192 Å². The van der Waals surface area contributed by atoms with Crippen molar-refractivity contribution in [1.29, 1.82) is 0 Å². The number of hydrogen-bond acceptors (Lipinski definition) is 10. The molecule has 0 aromatic heterocycles. The van der Waals surface area contributed by atoms with Crippen LogP contribution >= 0.6 is 0 Å². The number of carbonyl (C=O) groups excluding carboxylic acids is 3. The Kier molecular flexibility index (Phi) is 26.7. The van der Waals surface area contributed by atoms with Crippen molar-refractivity contribution < 1.29 is 43.9 Å². The summed E-state index contributed by atoms with van der Waals surface area (Å²) in [5.74, 6) is -0.894. The van der Waals surface area contributed by atoms with Crippen LogP contribution in [0.4, 0.5) is 9.59 Å². The Morgan fingerprint density at radius 3 is 1.65 bits per heavy atom. The molecule has 5 N–H and O–H groups in total. The smallest absolute Gasteiger partial charge is 0.417 e. The topological polar surface area (TPSA) is 172 Å². The fraction of sp³-hybridized carbons (Fsp3) is 0.791. The second-order valence-corrected chi connectivity index (χ2v) is 15.1. The molecule has 0 unspecified atom stereocenters. The molecule has 1 heterocycles. The molecule has 1 aliphatic heterocycles. The fourth-order valence-electron chi connectivity index (χ4n) is 7.17. The predicted octanol–water partition coefficient (Wildman–Crippen LogP) is 7.98. The van der Waals surface area contributed by atoms with Gasteiger partial charge in [0.1, 0.15) is 31.0 Å². The van der Waals surface area contributed by atoms with E-state index in [1.54, 1.807) is 24.3 Å². The molecule has 1 aromatic rings. The van der Waals surface area contributed by atoms with Gasteiger partial charge in [-0.2, -0.15) is 0 Å². The molecule has 0 spiro atoms. The number of ether oxygens (including phenoxy) is 3. The summed E-state index contributed by atoms with van der Waals surface area (Å²) in [6.45, 7) is 3.29. The van der Waals surface area contributed by atoms with Gasteiger partial charge in [0, 0.05) is 6.54 Å². The van der Waals surface area contributed by atoms with Gasteiger partial charge >= 0.3 is 12.2 Å². The number of nitrogens with zero attached hydrogens (tertiary/aromatic N) is 2. The summed E-state index contributed by atoms with van der Waals surface area (Å²) in [6, 6.07) is 7.28. The minimum atomic E-state index is -1.80. The fourth-order valence-corrected chi connectivity index (χ4v) is 7.17. The maximum atomic E-state index is 13.9. The number of unbranched alkanes of at least 4 members (excludes halogenated alkanes) is 20. The number of rotatable bonds is 30. The Hall–Kier alpha value is -2.77. The van der Waals surface area contributed by atoms with Gasteiger partial charge in [-0.3, -0.25) is 9.69 Å². The monoisotopic (exact) mass is 778 g/mol. The molecule has 0 saturated carbocycles. The molecule has 0 aliphatic carbocycles. The van der Waals surface area contributed by atoms with Gasteiger partial charge in [-0.25, -0.2) is 14.5 Å². The van der Waals surface area contributed by atoms with Crippen molar-refractivity contribution in [3.8, 4) is 0 Å². The molecule has 5 atom stereocenters. The van der Waals surface area contributed by atoms with E-state index in [1.165, 1.54) is 88.4 Å². The van der Waals surface area contributed by atoms with E-state index in [0.29, 0.717) is 23.3 Å². The molecule has 1 fully saturated rings. The maximum absolute atomic E-state index is 13.9. The van der Waals surface area contributed by atoms with Crippen molar-refractivity contribution in [2.75, 3.05) is 26.3 Å². The SMILES string of the molecule is CCCCCCCCCCCCCCN(C(=O)OCCCCCCCCCCCC)[C@@H]1O[C@H](CO)[C@H](O)[C@H](O)[C@H]1N(C(=O)CN)C(=O)OCc1ccccc1. The van der Waals surface area contributed by atoms with Crippen LogP contribution in [0.2, 0.25) is 0 Å². The van der Waals surface area contributed by atoms with Gasteiger partial charge in [0.2, 0.25) is 5.91 Å². The van der Waals surface area contributed by atoms with Crippen molar-refractivity contribution in [1.82, 2.24) is 9.80 Å². The van der Waals surface area contributed by atoms with Gasteiger partial charge < -0.3 is 35.3 Å². The Labute approximate surface area is 331 Å². The van der Waals surface area contributed by atoms with Crippen molar-refractivity contribution in [3.63, 3.8) is 0 Å². The van der Waals surface area contributed by atoms with Gasteiger partial charge in [0.25, 0.3) is 0 Å². The largest absolute Gasteiger partial charge is 0.449 e. The summed E-state index contributed by atoms with van der Waals surface area (Å²) < 4.78 is 17.3. The van der Waals surface area contributed by atoms with E-state index in [1.807, 2.05) is 6.07 Å². The van der Waals surface area contributed by atoms with E-state index in [9.17, 15) is 29.7 Å². The minimum absolute atomic E-state index is 0.139. The summed E-state index contributed by atoms with van der Waals surface area (Å²) in [6.07, 6.45) is 16.7. The predicted molar refractivity (Wildman–Crippen MR) is 215 cm³/mol. The lowest BCUT2D eigenvalue weighted by Crippen LogP contribution is -2.70. The maximum Gasteiger partial charge on any atom is 0.417 e. The van der Waals surface area contributed by atoms with Crippen LogP contribution in [0.5, 0.6) is 0 Å². The molecular weight excluding hydrogens is 702 g/mol. The second-order valence-electron chi connectivity index (χ2n) is 15.1. The number of aliphatic hydroxyl groups excluding tert-OH is 3. The summed E-state index contributed by atoms with van der Waals surface area (Å²) >= 11 is 0. The number of benzene rings is 1. The molecule has 2 rings (SSSR count). The quantitative estimate of drug-likeness (QED) is 0.0562. The second kappa shape index (κ2) is 30.4. The van der Waals surface area contributed by atoms with Crippen LogP contribution in [0.15, 0.2) is 30.3 Å². The first-order valence-electron chi connectivity index (χ1n) is 21.6. The van der Waals surface area contributed by atoms with Crippen LogP contribution < -0.4 is 5.73 Å². The van der Waals surface area contributed by atoms with E-state index >= 15 is 0 Å². The summed E-state index contributed by atoms with van der Waals surface area (Å²) in [4.78, 5) is 42.7. The minimum Gasteiger partial charge on any atom is -0.449 e. The van der Waals surface area contributed by atoms with E-state index in [2.05, 4.69) is 13.8 Å². The first kappa shape index (κ1) is 48.4. The van der Waals surface area contributed by atoms with Gasteiger partial charge in [-0.05, 0) is 18.4 Å². The highest BCUT2D eigenvalue weighted by Gasteiger charge is 2.53. The number of imide groups is 1. The first-order chi connectivity index (χ1) is 26.8. The zero-order valence-electron chi connectivity index (χ0n) is 34.1. The van der Waals surface area contributed by atoms with Crippen LogP contribution in [-0.2, 0) is 25.6 Å². The third kappa shape index (κ3) is 18.8.